The highest BCUT2D eigenvalue weighted by Crippen LogP contribution is 2.16. The molecule has 1 unspecified atom stereocenters. The predicted octanol–water partition coefficient (Wildman–Crippen LogP) is 2.51. The zero-order valence-corrected chi connectivity index (χ0v) is 12.1. The molecule has 1 atom stereocenters. The third-order valence-corrected chi connectivity index (χ3v) is 3.33. The van der Waals surface area contributed by atoms with Crippen molar-refractivity contribution in [3.05, 3.63) is 71.5 Å². The van der Waals surface area contributed by atoms with Crippen LogP contribution in [-0.2, 0) is 11.3 Å². The fraction of sp³-hybridized carbons (Fsp3) is 0.125. The molecule has 0 saturated carbocycles. The van der Waals surface area contributed by atoms with Crippen LogP contribution in [0.3, 0.4) is 0 Å². The first-order valence-electron chi connectivity index (χ1n) is 6.45. The molecule has 21 heavy (non-hydrogen) atoms. The minimum Gasteiger partial charge on any atom is -0.392 e. The van der Waals surface area contributed by atoms with Crippen LogP contribution in [-0.4, -0.2) is 10.9 Å². The Morgan fingerprint density at radius 2 is 1.76 bits per heavy atom. The van der Waals surface area contributed by atoms with E-state index in [1.54, 1.807) is 30.3 Å². The Balaban J connectivity index is 2.10. The van der Waals surface area contributed by atoms with E-state index >= 15 is 0 Å². The van der Waals surface area contributed by atoms with Crippen molar-refractivity contribution in [2.45, 2.75) is 12.5 Å². The number of hydrogen-bond donors (Lipinski definition) is 2. The molecule has 3 nitrogen and oxygen atoms in total. The van der Waals surface area contributed by atoms with Gasteiger partial charge in [0.15, 0.2) is 0 Å². The zero-order chi connectivity index (χ0) is 15.2. The highest BCUT2D eigenvalue weighted by atomic mass is 32.1. The van der Waals surface area contributed by atoms with Crippen molar-refractivity contribution in [3.63, 3.8) is 0 Å². The molecule has 5 heteroatoms. The average Bonchev–Trinajstić information content (AvgIpc) is 2.47. The van der Waals surface area contributed by atoms with E-state index in [0.29, 0.717) is 5.56 Å². The number of amides is 1. The van der Waals surface area contributed by atoms with E-state index in [1.165, 1.54) is 6.07 Å². The van der Waals surface area contributed by atoms with Crippen molar-refractivity contribution in [3.8, 4) is 0 Å². The summed E-state index contributed by atoms with van der Waals surface area (Å²) in [6, 6.07) is 15.3. The van der Waals surface area contributed by atoms with Crippen LogP contribution in [0.1, 0.15) is 17.0 Å². The topological polar surface area (TPSA) is 55.1 Å². The molecule has 0 fully saturated rings. The molecule has 2 aromatic carbocycles. The normalized spacial score (nSPS) is 11.7. The van der Waals surface area contributed by atoms with E-state index in [1.807, 2.05) is 18.2 Å². The van der Waals surface area contributed by atoms with Crippen LogP contribution < -0.4 is 11.1 Å². The van der Waals surface area contributed by atoms with Gasteiger partial charge in [0.05, 0.1) is 4.99 Å². The van der Waals surface area contributed by atoms with Crippen LogP contribution in [0, 0.1) is 5.82 Å². The second kappa shape index (κ2) is 6.95. The number of halogens is 1. The van der Waals surface area contributed by atoms with E-state index < -0.39 is 5.92 Å². The molecule has 2 rings (SSSR count). The van der Waals surface area contributed by atoms with Crippen molar-refractivity contribution < 1.29 is 9.18 Å². The molecule has 3 N–H and O–H groups in total. The lowest BCUT2D eigenvalue weighted by Crippen LogP contribution is -2.36. The minimum atomic E-state index is -0.715. The molecular formula is C16H15FN2OS. The van der Waals surface area contributed by atoms with Crippen LogP contribution in [0.5, 0.6) is 0 Å². The van der Waals surface area contributed by atoms with Crippen molar-refractivity contribution in [2.75, 3.05) is 0 Å². The minimum absolute atomic E-state index is 0.0900. The van der Waals surface area contributed by atoms with Crippen LogP contribution in [0.15, 0.2) is 54.6 Å². The van der Waals surface area contributed by atoms with Gasteiger partial charge in [-0.2, -0.15) is 0 Å². The zero-order valence-electron chi connectivity index (χ0n) is 11.3. The Morgan fingerprint density at radius 1 is 1.14 bits per heavy atom. The van der Waals surface area contributed by atoms with E-state index in [4.69, 9.17) is 18.0 Å². The summed E-state index contributed by atoms with van der Waals surface area (Å²) in [6.07, 6.45) is 0. The average molecular weight is 302 g/mol. The van der Waals surface area contributed by atoms with Gasteiger partial charge in [-0.05, 0) is 11.6 Å². The van der Waals surface area contributed by atoms with Gasteiger partial charge in [0.2, 0.25) is 5.91 Å². The van der Waals surface area contributed by atoms with Gasteiger partial charge < -0.3 is 11.1 Å². The summed E-state index contributed by atoms with van der Waals surface area (Å²) in [5.41, 5.74) is 6.80. The third kappa shape index (κ3) is 3.86. The summed E-state index contributed by atoms with van der Waals surface area (Å²) in [6.45, 7) is 0.0947. The van der Waals surface area contributed by atoms with Gasteiger partial charge in [0.1, 0.15) is 11.7 Å². The Kier molecular flexibility index (Phi) is 5.00. The van der Waals surface area contributed by atoms with E-state index in [9.17, 15) is 9.18 Å². The maximum Gasteiger partial charge on any atom is 0.234 e. The van der Waals surface area contributed by atoms with Gasteiger partial charge in [-0.1, -0.05) is 60.7 Å². The summed E-state index contributed by atoms with van der Waals surface area (Å²) in [5, 5.41) is 2.67. The number of carbonyl (C=O) groups is 1. The monoisotopic (exact) mass is 302 g/mol. The van der Waals surface area contributed by atoms with E-state index in [0.717, 1.165) is 5.56 Å². The largest absolute Gasteiger partial charge is 0.392 e. The molecule has 0 aliphatic heterocycles. The fourth-order valence-electron chi connectivity index (χ4n) is 2.02. The van der Waals surface area contributed by atoms with E-state index in [2.05, 4.69) is 5.32 Å². The third-order valence-electron chi connectivity index (χ3n) is 3.09. The first kappa shape index (κ1) is 15.1. The smallest absolute Gasteiger partial charge is 0.234 e. The predicted molar refractivity (Wildman–Crippen MR) is 84.2 cm³/mol. The molecule has 0 aliphatic carbocycles. The molecular weight excluding hydrogens is 287 g/mol. The van der Waals surface area contributed by atoms with Crippen LogP contribution >= 0.6 is 12.2 Å². The molecule has 0 saturated heterocycles. The maximum absolute atomic E-state index is 13.5. The first-order chi connectivity index (χ1) is 10.1. The molecule has 1 amide bonds. The number of hydrogen-bond acceptors (Lipinski definition) is 2. The Labute approximate surface area is 128 Å². The quantitative estimate of drug-likeness (QED) is 0.835. The van der Waals surface area contributed by atoms with E-state index in [-0.39, 0.29) is 23.3 Å². The summed E-state index contributed by atoms with van der Waals surface area (Å²) in [7, 11) is 0. The maximum atomic E-state index is 13.5. The van der Waals surface area contributed by atoms with Crippen LogP contribution in [0.2, 0.25) is 0 Å². The summed E-state index contributed by atoms with van der Waals surface area (Å²) < 4.78 is 13.5. The summed E-state index contributed by atoms with van der Waals surface area (Å²) in [5.74, 6) is -1.41. The van der Waals surface area contributed by atoms with Gasteiger partial charge in [0, 0.05) is 12.1 Å². The van der Waals surface area contributed by atoms with Gasteiger partial charge >= 0.3 is 0 Å². The van der Waals surface area contributed by atoms with Gasteiger partial charge in [0.25, 0.3) is 0 Å². The van der Waals surface area contributed by atoms with Crippen molar-refractivity contribution in [1.29, 1.82) is 0 Å². The number of benzene rings is 2. The molecule has 0 radical (unpaired) electrons. The molecule has 108 valence electrons. The van der Waals surface area contributed by atoms with Crippen LogP contribution in [0.25, 0.3) is 0 Å². The highest BCUT2D eigenvalue weighted by molar-refractivity contribution is 7.80. The van der Waals surface area contributed by atoms with Crippen LogP contribution in [0.4, 0.5) is 4.39 Å². The highest BCUT2D eigenvalue weighted by Gasteiger charge is 2.23. The number of thiocarbonyl (C=S) groups is 1. The number of nitrogens with two attached hydrogens (primary N) is 1. The number of nitrogens with one attached hydrogen (secondary N) is 1. The number of rotatable bonds is 5. The lowest BCUT2D eigenvalue weighted by molar-refractivity contribution is -0.121. The van der Waals surface area contributed by atoms with Crippen molar-refractivity contribution in [1.82, 2.24) is 5.32 Å². The lowest BCUT2D eigenvalue weighted by atomic mass is 9.98. The standard InChI is InChI=1S/C16H15FN2OS/c17-13-9-5-4-8-12(13)10-19-16(20)14(15(18)21)11-6-2-1-3-7-11/h1-9,14H,10H2,(H2,18,21)(H,19,20). The summed E-state index contributed by atoms with van der Waals surface area (Å²) in [4.78, 5) is 12.4. The van der Waals surface area contributed by atoms with Gasteiger partial charge in [-0.15, -0.1) is 0 Å². The Bertz CT molecular complexity index is 646. The summed E-state index contributed by atoms with van der Waals surface area (Å²) >= 11 is 4.97. The second-order valence-corrected chi connectivity index (χ2v) is 5.03. The SMILES string of the molecule is NC(=S)C(C(=O)NCc1ccccc1F)c1ccccc1. The fourth-order valence-corrected chi connectivity index (χ4v) is 2.26. The molecule has 0 aliphatic rings. The Hall–Kier alpha value is -2.27. The first-order valence-corrected chi connectivity index (χ1v) is 6.86. The number of carbonyl (C=O) groups excluding carboxylic acids is 1. The van der Waals surface area contributed by atoms with Gasteiger partial charge in [-0.25, -0.2) is 4.39 Å². The molecule has 0 bridgehead atoms. The second-order valence-electron chi connectivity index (χ2n) is 4.56. The van der Waals surface area contributed by atoms with Gasteiger partial charge in [-0.3, -0.25) is 4.79 Å². The molecule has 0 aromatic heterocycles. The molecule has 2 aromatic rings. The molecule has 0 spiro atoms. The lowest BCUT2D eigenvalue weighted by Gasteiger charge is -2.16. The van der Waals surface area contributed by atoms with Crippen molar-refractivity contribution in [2.24, 2.45) is 5.73 Å². The van der Waals surface area contributed by atoms with Crippen molar-refractivity contribution >= 4 is 23.1 Å². The molecule has 0 heterocycles. The Morgan fingerprint density at radius 3 is 2.38 bits per heavy atom.